The van der Waals surface area contributed by atoms with Gasteiger partial charge in [0.15, 0.2) is 11.4 Å². The van der Waals surface area contributed by atoms with Gasteiger partial charge < -0.3 is 0 Å². The summed E-state index contributed by atoms with van der Waals surface area (Å²) < 4.78 is 25.2. The summed E-state index contributed by atoms with van der Waals surface area (Å²) in [5, 5.41) is 0. The summed E-state index contributed by atoms with van der Waals surface area (Å²) in [4.78, 5) is 6.87. The average molecular weight is 296 g/mol. The summed E-state index contributed by atoms with van der Waals surface area (Å²) in [6.07, 6.45) is 0. The number of nitrogens with zero attached hydrogens (tertiary/aromatic N) is 2. The third-order valence-corrected chi connectivity index (χ3v) is 4.96. The minimum Gasteiger partial charge on any atom is -0.238 e. The fourth-order valence-electron chi connectivity index (χ4n) is 1.93. The predicted molar refractivity (Wildman–Crippen MR) is 80.3 cm³/mol. The molecule has 104 valence electrons. The minimum absolute atomic E-state index is 0.0917. The third-order valence-electron chi connectivity index (χ3n) is 3.21. The largest absolute Gasteiger partial charge is 0.238 e. The fraction of sp³-hybridized carbons (Fsp3) is 0.125. The summed E-state index contributed by atoms with van der Waals surface area (Å²) in [6.45, 7) is 17.5. The highest BCUT2D eigenvalue weighted by atomic mass is 32.2. The third kappa shape index (κ3) is 2.65. The van der Waals surface area contributed by atoms with Gasteiger partial charge in [0.25, 0.3) is 0 Å². The van der Waals surface area contributed by atoms with Gasteiger partial charge in [-0.2, -0.15) is 0 Å². The van der Waals surface area contributed by atoms with Crippen LogP contribution >= 0.6 is 0 Å². The fourth-order valence-corrected chi connectivity index (χ4v) is 3.30. The van der Waals surface area contributed by atoms with Crippen LogP contribution in [0.2, 0.25) is 0 Å². The molecule has 0 aromatic heterocycles. The van der Waals surface area contributed by atoms with Gasteiger partial charge >= 0.3 is 0 Å². The zero-order valence-corrected chi connectivity index (χ0v) is 12.4. The highest BCUT2D eigenvalue weighted by Crippen LogP contribution is 2.29. The second-order valence-corrected chi connectivity index (χ2v) is 6.57. The second-order valence-electron chi connectivity index (χ2n) is 4.62. The first-order valence-electron chi connectivity index (χ1n) is 6.11. The molecule has 0 unspecified atom stereocenters. The molecular weight excluding hydrogens is 284 g/mol. The van der Waals surface area contributed by atoms with Gasteiger partial charge in [0.2, 0.25) is 9.84 Å². The highest BCUT2D eigenvalue weighted by molar-refractivity contribution is 7.91. The standard InChI is InChI=1S/C16H12N2O2S/c1-11-5-6-14(10-16(11)18-4)21(19,20)13-7-8-15(17-3)12(2)9-13/h5-10H,1-2H3. The number of hydrogen-bond donors (Lipinski definition) is 0. The number of rotatable bonds is 2. The molecule has 0 aliphatic carbocycles. The van der Waals surface area contributed by atoms with Crippen molar-refractivity contribution in [2.75, 3.05) is 0 Å². The molecule has 0 heterocycles. The van der Waals surface area contributed by atoms with Crippen LogP contribution in [0, 0.1) is 27.0 Å². The van der Waals surface area contributed by atoms with Crippen LogP contribution in [-0.4, -0.2) is 8.42 Å². The smallest absolute Gasteiger partial charge is 0.205 e. The molecule has 0 saturated carbocycles. The van der Waals surface area contributed by atoms with Gasteiger partial charge in [0.1, 0.15) is 0 Å². The summed E-state index contributed by atoms with van der Waals surface area (Å²) >= 11 is 0. The second kappa shape index (κ2) is 5.40. The lowest BCUT2D eigenvalue weighted by Crippen LogP contribution is -2.02. The molecule has 2 aromatic rings. The van der Waals surface area contributed by atoms with Crippen LogP contribution in [0.1, 0.15) is 11.1 Å². The van der Waals surface area contributed by atoms with E-state index in [4.69, 9.17) is 13.1 Å². The Morgan fingerprint density at radius 1 is 0.810 bits per heavy atom. The van der Waals surface area contributed by atoms with Crippen molar-refractivity contribution in [3.8, 4) is 0 Å². The Kier molecular flexibility index (Phi) is 3.80. The predicted octanol–water partition coefficient (Wildman–Crippen LogP) is 4.24. The maximum atomic E-state index is 12.6. The Morgan fingerprint density at radius 2 is 1.38 bits per heavy atom. The van der Waals surface area contributed by atoms with Gasteiger partial charge in [-0.15, -0.1) is 0 Å². The summed E-state index contributed by atoms with van der Waals surface area (Å²) in [7, 11) is -3.68. The summed E-state index contributed by atoms with van der Waals surface area (Å²) in [6, 6.07) is 8.92. The van der Waals surface area contributed by atoms with E-state index in [0.717, 1.165) is 5.56 Å². The molecule has 0 spiro atoms. The molecule has 4 nitrogen and oxygen atoms in total. The number of sulfone groups is 1. The van der Waals surface area contributed by atoms with Crippen molar-refractivity contribution in [3.63, 3.8) is 0 Å². The Hall–Kier alpha value is -2.63. The molecular formula is C16H12N2O2S. The summed E-state index contributed by atoms with van der Waals surface area (Å²) in [5.74, 6) is 0. The van der Waals surface area contributed by atoms with Crippen molar-refractivity contribution in [2.24, 2.45) is 0 Å². The monoisotopic (exact) mass is 296 g/mol. The van der Waals surface area contributed by atoms with E-state index < -0.39 is 9.84 Å². The lowest BCUT2D eigenvalue weighted by molar-refractivity contribution is 0.596. The molecule has 0 radical (unpaired) electrons. The highest BCUT2D eigenvalue weighted by Gasteiger charge is 2.19. The number of benzene rings is 2. The minimum atomic E-state index is -3.68. The van der Waals surface area contributed by atoms with Crippen LogP contribution in [0.25, 0.3) is 9.69 Å². The average Bonchev–Trinajstić information content (AvgIpc) is 2.47. The topological polar surface area (TPSA) is 42.9 Å². The molecule has 2 aromatic carbocycles. The molecule has 0 atom stereocenters. The molecule has 0 N–H and O–H groups in total. The van der Waals surface area contributed by atoms with E-state index in [1.54, 1.807) is 19.9 Å². The van der Waals surface area contributed by atoms with Crippen LogP contribution in [-0.2, 0) is 9.84 Å². The zero-order chi connectivity index (χ0) is 15.6. The lowest BCUT2D eigenvalue weighted by atomic mass is 10.2. The van der Waals surface area contributed by atoms with E-state index in [-0.39, 0.29) is 9.79 Å². The Morgan fingerprint density at radius 3 is 1.95 bits per heavy atom. The normalized spacial score (nSPS) is 10.7. The van der Waals surface area contributed by atoms with Gasteiger partial charge in [-0.05, 0) is 37.1 Å². The Labute approximate surface area is 124 Å². The van der Waals surface area contributed by atoms with E-state index in [2.05, 4.69) is 9.69 Å². The number of hydrogen-bond acceptors (Lipinski definition) is 2. The molecule has 0 fully saturated rings. The first-order chi connectivity index (χ1) is 9.90. The molecule has 0 amide bonds. The van der Waals surface area contributed by atoms with Gasteiger partial charge in [-0.1, -0.05) is 24.3 Å². The van der Waals surface area contributed by atoms with Crippen molar-refractivity contribution in [1.82, 2.24) is 0 Å². The van der Waals surface area contributed by atoms with Crippen molar-refractivity contribution < 1.29 is 8.42 Å². The van der Waals surface area contributed by atoms with Crippen LogP contribution in [0.15, 0.2) is 46.2 Å². The molecule has 2 rings (SSSR count). The van der Waals surface area contributed by atoms with Gasteiger partial charge in [-0.3, -0.25) is 0 Å². The summed E-state index contributed by atoms with van der Waals surface area (Å²) in [5.41, 5.74) is 2.11. The van der Waals surface area contributed by atoms with E-state index in [9.17, 15) is 8.42 Å². The maximum Gasteiger partial charge on any atom is 0.205 e. The molecule has 21 heavy (non-hydrogen) atoms. The molecule has 0 aliphatic rings. The maximum absolute atomic E-state index is 12.6. The molecule has 5 heteroatoms. The first-order valence-corrected chi connectivity index (χ1v) is 7.60. The van der Waals surface area contributed by atoms with Crippen LogP contribution in [0.4, 0.5) is 11.4 Å². The molecule has 0 bridgehead atoms. The van der Waals surface area contributed by atoms with Gasteiger partial charge in [-0.25, -0.2) is 18.1 Å². The quantitative estimate of drug-likeness (QED) is 0.778. The Bertz CT molecular complexity index is 901. The first kappa shape index (κ1) is 14.8. The zero-order valence-electron chi connectivity index (χ0n) is 11.6. The van der Waals surface area contributed by atoms with Gasteiger partial charge in [0, 0.05) is 0 Å². The van der Waals surface area contributed by atoms with Crippen molar-refractivity contribution >= 4 is 21.2 Å². The van der Waals surface area contributed by atoms with Crippen LogP contribution < -0.4 is 0 Å². The van der Waals surface area contributed by atoms with E-state index in [0.29, 0.717) is 16.9 Å². The van der Waals surface area contributed by atoms with Crippen molar-refractivity contribution in [2.45, 2.75) is 23.6 Å². The lowest BCUT2D eigenvalue weighted by Gasteiger charge is -2.08. The molecule has 0 saturated heterocycles. The van der Waals surface area contributed by atoms with Gasteiger partial charge in [0.05, 0.1) is 22.9 Å². The van der Waals surface area contributed by atoms with E-state index in [1.165, 1.54) is 30.3 Å². The van der Waals surface area contributed by atoms with Crippen molar-refractivity contribution in [3.05, 3.63) is 70.4 Å². The van der Waals surface area contributed by atoms with Crippen LogP contribution in [0.3, 0.4) is 0 Å². The SMILES string of the molecule is [C-]#[N+]c1ccc(S(=O)(=O)c2ccc(C)c([N+]#[C-])c2)cc1C. The van der Waals surface area contributed by atoms with Crippen molar-refractivity contribution in [1.29, 1.82) is 0 Å². The molecule has 0 aliphatic heterocycles. The van der Waals surface area contributed by atoms with E-state index >= 15 is 0 Å². The number of aryl methyl sites for hydroxylation is 2. The van der Waals surface area contributed by atoms with Crippen LogP contribution in [0.5, 0.6) is 0 Å². The van der Waals surface area contributed by atoms with E-state index in [1.807, 2.05) is 0 Å². The Balaban J connectivity index is 2.61.